The average molecular weight is 315 g/mol. The van der Waals surface area contributed by atoms with E-state index in [4.69, 9.17) is 4.98 Å². The minimum absolute atomic E-state index is 0.507. The summed E-state index contributed by atoms with van der Waals surface area (Å²) in [4.78, 5) is 4.91. The molecule has 0 unspecified atom stereocenters. The number of fused-ring (bicyclic) bond motifs is 1. The second-order valence-electron chi connectivity index (χ2n) is 6.78. The van der Waals surface area contributed by atoms with Crippen LogP contribution >= 0.6 is 0 Å². The fourth-order valence-electron chi connectivity index (χ4n) is 3.78. The van der Waals surface area contributed by atoms with Gasteiger partial charge in [-0.15, -0.1) is 0 Å². The quantitative estimate of drug-likeness (QED) is 0.636. The van der Waals surface area contributed by atoms with Crippen LogP contribution in [0.15, 0.2) is 42.5 Å². The van der Waals surface area contributed by atoms with Crippen molar-refractivity contribution in [3.63, 3.8) is 0 Å². The molecule has 1 fully saturated rings. The van der Waals surface area contributed by atoms with Crippen LogP contribution in [0.2, 0.25) is 0 Å². The predicted octanol–water partition coefficient (Wildman–Crippen LogP) is 5.39. The van der Waals surface area contributed by atoms with Gasteiger partial charge in [-0.1, -0.05) is 49.1 Å². The fraction of sp³-hybridized carbons (Fsp3) is 0.333. The summed E-state index contributed by atoms with van der Waals surface area (Å²) in [5.41, 5.74) is 5.16. The van der Waals surface area contributed by atoms with E-state index in [0.29, 0.717) is 11.6 Å². The van der Waals surface area contributed by atoms with Crippen molar-refractivity contribution in [3.05, 3.63) is 53.6 Å². The molecule has 1 aliphatic carbocycles. The molecule has 1 aromatic heterocycles. The molecule has 3 heteroatoms. The normalized spacial score (nSPS) is 15.5. The predicted molar refractivity (Wildman–Crippen MR) is 96.7 cm³/mol. The van der Waals surface area contributed by atoms with E-state index in [0.717, 1.165) is 22.4 Å². The van der Waals surface area contributed by atoms with Crippen molar-refractivity contribution < 1.29 is 0 Å². The van der Waals surface area contributed by atoms with Crippen molar-refractivity contribution in [2.75, 3.05) is 0 Å². The second-order valence-corrected chi connectivity index (χ2v) is 6.78. The van der Waals surface area contributed by atoms with E-state index in [1.54, 1.807) is 0 Å². The van der Waals surface area contributed by atoms with E-state index >= 15 is 0 Å². The highest BCUT2D eigenvalue weighted by molar-refractivity contribution is 5.82. The summed E-state index contributed by atoms with van der Waals surface area (Å²) in [6.07, 6.45) is 6.33. The molecule has 0 bridgehead atoms. The molecule has 4 rings (SSSR count). The molecular formula is C21H21N3. The highest BCUT2D eigenvalue weighted by Gasteiger charge is 2.22. The molecule has 2 aromatic carbocycles. The number of benzene rings is 2. The zero-order chi connectivity index (χ0) is 16.5. The standard InChI is InChI=1S/C21H21N3/c1-15-7-10-17(11-8-15)21-23-19-13-16(14-22)9-12-20(19)24(21)18-5-3-2-4-6-18/h7-13,18H,2-6H2,1H3. The second kappa shape index (κ2) is 6.13. The summed E-state index contributed by atoms with van der Waals surface area (Å²) in [5.74, 6) is 1.03. The van der Waals surface area contributed by atoms with Gasteiger partial charge in [0.1, 0.15) is 5.82 Å². The van der Waals surface area contributed by atoms with Crippen molar-refractivity contribution in [1.82, 2.24) is 9.55 Å². The summed E-state index contributed by atoms with van der Waals surface area (Å²) in [6.45, 7) is 2.10. The van der Waals surface area contributed by atoms with Crippen molar-refractivity contribution >= 4 is 11.0 Å². The van der Waals surface area contributed by atoms with E-state index < -0.39 is 0 Å². The molecule has 0 saturated heterocycles. The van der Waals surface area contributed by atoms with Gasteiger partial charge in [0.05, 0.1) is 22.7 Å². The molecule has 0 atom stereocenters. The Labute approximate surface area is 142 Å². The number of hydrogen-bond donors (Lipinski definition) is 0. The molecular weight excluding hydrogens is 294 g/mol. The van der Waals surface area contributed by atoms with Gasteiger partial charge < -0.3 is 4.57 Å². The molecule has 0 radical (unpaired) electrons. The molecule has 3 aromatic rings. The van der Waals surface area contributed by atoms with Gasteiger partial charge in [-0.25, -0.2) is 4.98 Å². The third kappa shape index (κ3) is 2.59. The molecule has 0 spiro atoms. The zero-order valence-electron chi connectivity index (χ0n) is 14.0. The Morgan fingerprint density at radius 2 is 1.79 bits per heavy atom. The first-order valence-corrected chi connectivity index (χ1v) is 8.75. The van der Waals surface area contributed by atoms with Crippen LogP contribution in [0.3, 0.4) is 0 Å². The Hall–Kier alpha value is -2.60. The molecule has 24 heavy (non-hydrogen) atoms. The van der Waals surface area contributed by atoms with Gasteiger partial charge in [0.25, 0.3) is 0 Å². The Balaban J connectivity index is 1.92. The third-order valence-corrected chi connectivity index (χ3v) is 5.07. The Kier molecular flexibility index (Phi) is 3.82. The lowest BCUT2D eigenvalue weighted by Crippen LogP contribution is -2.13. The summed E-state index contributed by atoms with van der Waals surface area (Å²) in [5, 5.41) is 9.18. The van der Waals surface area contributed by atoms with Crippen molar-refractivity contribution in [2.45, 2.75) is 45.1 Å². The summed E-state index contributed by atoms with van der Waals surface area (Å²) < 4.78 is 2.42. The average Bonchev–Trinajstić information content (AvgIpc) is 3.01. The number of rotatable bonds is 2. The maximum absolute atomic E-state index is 9.18. The molecule has 1 heterocycles. The molecule has 0 aliphatic heterocycles. The fourth-order valence-corrected chi connectivity index (χ4v) is 3.78. The Bertz CT molecular complexity index is 907. The molecule has 120 valence electrons. The number of aryl methyl sites for hydroxylation is 1. The first kappa shape index (κ1) is 15.0. The molecule has 1 aliphatic rings. The first-order chi connectivity index (χ1) is 11.8. The maximum atomic E-state index is 9.18. The lowest BCUT2D eigenvalue weighted by Gasteiger charge is -2.25. The number of nitriles is 1. The summed E-state index contributed by atoms with van der Waals surface area (Å²) in [6, 6.07) is 17.2. The first-order valence-electron chi connectivity index (χ1n) is 8.75. The van der Waals surface area contributed by atoms with Gasteiger partial charge in [0.15, 0.2) is 0 Å². The SMILES string of the molecule is Cc1ccc(-c2nc3cc(C#N)ccc3n2C2CCCCC2)cc1. The van der Waals surface area contributed by atoms with Gasteiger partial charge >= 0.3 is 0 Å². The van der Waals surface area contributed by atoms with Gasteiger partial charge in [-0.2, -0.15) is 5.26 Å². The number of imidazole rings is 1. The van der Waals surface area contributed by atoms with Crippen LogP contribution < -0.4 is 0 Å². The van der Waals surface area contributed by atoms with Gasteiger partial charge in [0, 0.05) is 11.6 Å². The number of nitrogens with zero attached hydrogens (tertiary/aromatic N) is 3. The Morgan fingerprint density at radius 3 is 2.50 bits per heavy atom. The lowest BCUT2D eigenvalue weighted by molar-refractivity contribution is 0.362. The van der Waals surface area contributed by atoms with Crippen LogP contribution in [0.1, 0.15) is 49.3 Å². The van der Waals surface area contributed by atoms with Crippen molar-refractivity contribution in [1.29, 1.82) is 5.26 Å². The summed E-state index contributed by atoms with van der Waals surface area (Å²) >= 11 is 0. The molecule has 0 N–H and O–H groups in total. The lowest BCUT2D eigenvalue weighted by atomic mass is 9.94. The van der Waals surface area contributed by atoms with Crippen LogP contribution in [0.4, 0.5) is 0 Å². The van der Waals surface area contributed by atoms with E-state index in [1.165, 1.54) is 37.7 Å². The van der Waals surface area contributed by atoms with E-state index in [1.807, 2.05) is 12.1 Å². The van der Waals surface area contributed by atoms with Crippen LogP contribution in [0.5, 0.6) is 0 Å². The largest absolute Gasteiger partial charge is 0.321 e. The van der Waals surface area contributed by atoms with E-state index in [-0.39, 0.29) is 0 Å². The molecule has 0 amide bonds. The zero-order valence-corrected chi connectivity index (χ0v) is 14.0. The van der Waals surface area contributed by atoms with E-state index in [9.17, 15) is 5.26 Å². The Morgan fingerprint density at radius 1 is 1.04 bits per heavy atom. The minimum atomic E-state index is 0.507. The van der Waals surface area contributed by atoms with Crippen LogP contribution in [0.25, 0.3) is 22.4 Å². The topological polar surface area (TPSA) is 41.6 Å². The minimum Gasteiger partial charge on any atom is -0.321 e. The van der Waals surface area contributed by atoms with Crippen molar-refractivity contribution in [2.24, 2.45) is 0 Å². The smallest absolute Gasteiger partial charge is 0.141 e. The van der Waals surface area contributed by atoms with E-state index in [2.05, 4.69) is 47.9 Å². The van der Waals surface area contributed by atoms with Crippen LogP contribution in [-0.4, -0.2) is 9.55 Å². The van der Waals surface area contributed by atoms with Gasteiger partial charge in [0.2, 0.25) is 0 Å². The number of hydrogen-bond acceptors (Lipinski definition) is 2. The van der Waals surface area contributed by atoms with Gasteiger partial charge in [-0.05, 0) is 38.0 Å². The highest BCUT2D eigenvalue weighted by atomic mass is 15.1. The van der Waals surface area contributed by atoms with Crippen LogP contribution in [-0.2, 0) is 0 Å². The third-order valence-electron chi connectivity index (χ3n) is 5.07. The highest BCUT2D eigenvalue weighted by Crippen LogP contribution is 2.36. The monoisotopic (exact) mass is 315 g/mol. The molecule has 3 nitrogen and oxygen atoms in total. The van der Waals surface area contributed by atoms with Crippen molar-refractivity contribution in [3.8, 4) is 17.5 Å². The summed E-state index contributed by atoms with van der Waals surface area (Å²) in [7, 11) is 0. The number of aromatic nitrogens is 2. The maximum Gasteiger partial charge on any atom is 0.141 e. The van der Waals surface area contributed by atoms with Crippen LogP contribution in [0, 0.1) is 18.3 Å². The van der Waals surface area contributed by atoms with Gasteiger partial charge in [-0.3, -0.25) is 0 Å². The molecule has 1 saturated carbocycles.